The molecule has 5 nitrogen and oxygen atoms in total. The summed E-state index contributed by atoms with van der Waals surface area (Å²) in [5.41, 5.74) is 8.89. The highest BCUT2D eigenvalue weighted by Gasteiger charge is 2.08. The van der Waals surface area contributed by atoms with Crippen molar-refractivity contribution in [2.24, 2.45) is 0 Å². The summed E-state index contributed by atoms with van der Waals surface area (Å²) in [6.07, 6.45) is 0. The first-order chi connectivity index (χ1) is 9.15. The minimum atomic E-state index is 0.541. The standard InChI is InChI=1S/C13H11BrN4O/c1-19-11-3-2-10-13(17-11)18-12(16-10)7-4-8(14)6-9(15)5-7/h2-6H,15H2,1H3,(H,16,17,18). The Hall–Kier alpha value is -2.08. The molecule has 0 radical (unpaired) electrons. The van der Waals surface area contributed by atoms with Crippen LogP contribution in [0.15, 0.2) is 34.8 Å². The van der Waals surface area contributed by atoms with Crippen molar-refractivity contribution in [1.82, 2.24) is 15.0 Å². The highest BCUT2D eigenvalue weighted by Crippen LogP contribution is 2.26. The average molecular weight is 319 g/mol. The van der Waals surface area contributed by atoms with E-state index in [1.807, 2.05) is 24.3 Å². The van der Waals surface area contributed by atoms with Gasteiger partial charge in [0.25, 0.3) is 0 Å². The number of rotatable bonds is 2. The molecule has 0 aliphatic carbocycles. The van der Waals surface area contributed by atoms with Gasteiger partial charge in [0.05, 0.1) is 12.6 Å². The van der Waals surface area contributed by atoms with Crippen LogP contribution in [0.5, 0.6) is 5.88 Å². The number of benzene rings is 1. The number of methoxy groups -OCH3 is 1. The van der Waals surface area contributed by atoms with E-state index in [1.54, 1.807) is 13.2 Å². The fourth-order valence-electron chi connectivity index (χ4n) is 1.87. The van der Waals surface area contributed by atoms with Gasteiger partial charge in [-0.15, -0.1) is 0 Å². The van der Waals surface area contributed by atoms with Crippen molar-refractivity contribution in [3.63, 3.8) is 0 Å². The first-order valence-electron chi connectivity index (χ1n) is 5.63. The summed E-state index contributed by atoms with van der Waals surface area (Å²) in [5.74, 6) is 1.27. The Balaban J connectivity index is 2.14. The number of aromatic nitrogens is 3. The number of hydrogen-bond acceptors (Lipinski definition) is 4. The fourth-order valence-corrected chi connectivity index (χ4v) is 2.39. The van der Waals surface area contributed by atoms with Crippen molar-refractivity contribution in [3.8, 4) is 17.3 Å². The molecule has 2 aromatic heterocycles. The number of imidazole rings is 1. The molecular formula is C13H11BrN4O. The van der Waals surface area contributed by atoms with Crippen molar-refractivity contribution in [1.29, 1.82) is 0 Å². The van der Waals surface area contributed by atoms with Crippen LogP contribution in [0, 0.1) is 0 Å². The average Bonchev–Trinajstić information content (AvgIpc) is 2.80. The van der Waals surface area contributed by atoms with Gasteiger partial charge in [-0.2, -0.15) is 4.98 Å². The molecule has 0 bridgehead atoms. The Morgan fingerprint density at radius 1 is 1.21 bits per heavy atom. The monoisotopic (exact) mass is 318 g/mol. The SMILES string of the molecule is COc1ccc2[nH]c(-c3cc(N)cc(Br)c3)nc2n1. The second-order valence-corrected chi connectivity index (χ2v) is 5.00. The molecule has 0 saturated heterocycles. The van der Waals surface area contributed by atoms with E-state index in [4.69, 9.17) is 10.5 Å². The maximum Gasteiger partial charge on any atom is 0.215 e. The predicted octanol–water partition coefficient (Wildman–Crippen LogP) is 2.98. The van der Waals surface area contributed by atoms with E-state index in [2.05, 4.69) is 30.9 Å². The summed E-state index contributed by atoms with van der Waals surface area (Å²) < 4.78 is 5.99. The van der Waals surface area contributed by atoms with Gasteiger partial charge in [-0.05, 0) is 24.3 Å². The van der Waals surface area contributed by atoms with Gasteiger partial charge < -0.3 is 15.5 Å². The normalized spacial score (nSPS) is 10.8. The molecule has 1 aromatic carbocycles. The van der Waals surface area contributed by atoms with Gasteiger partial charge in [0.15, 0.2) is 5.65 Å². The zero-order valence-electron chi connectivity index (χ0n) is 10.1. The smallest absolute Gasteiger partial charge is 0.215 e. The quantitative estimate of drug-likeness (QED) is 0.712. The van der Waals surface area contributed by atoms with E-state index in [0.29, 0.717) is 17.2 Å². The van der Waals surface area contributed by atoms with Gasteiger partial charge in [-0.25, -0.2) is 4.98 Å². The van der Waals surface area contributed by atoms with Gasteiger partial charge in [0.1, 0.15) is 5.82 Å². The van der Waals surface area contributed by atoms with Gasteiger partial charge in [0.2, 0.25) is 5.88 Å². The number of nitrogen functional groups attached to an aromatic ring is 1. The van der Waals surface area contributed by atoms with Crippen molar-refractivity contribution in [3.05, 3.63) is 34.8 Å². The van der Waals surface area contributed by atoms with Crippen molar-refractivity contribution in [2.45, 2.75) is 0 Å². The summed E-state index contributed by atoms with van der Waals surface area (Å²) in [5, 5.41) is 0. The minimum Gasteiger partial charge on any atom is -0.481 e. The Morgan fingerprint density at radius 2 is 2.05 bits per heavy atom. The third kappa shape index (κ3) is 2.26. The Labute approximate surface area is 118 Å². The number of nitrogens with zero attached hydrogens (tertiary/aromatic N) is 2. The number of nitrogens with one attached hydrogen (secondary N) is 1. The molecular weight excluding hydrogens is 308 g/mol. The molecule has 3 N–H and O–H groups in total. The Bertz CT molecular complexity index is 733. The Kier molecular flexibility index (Phi) is 2.87. The zero-order chi connectivity index (χ0) is 13.4. The van der Waals surface area contributed by atoms with Crippen molar-refractivity contribution < 1.29 is 4.74 Å². The summed E-state index contributed by atoms with van der Waals surface area (Å²) in [6.45, 7) is 0. The number of H-pyrrole nitrogens is 1. The van der Waals surface area contributed by atoms with Crippen LogP contribution in [0.1, 0.15) is 0 Å². The van der Waals surface area contributed by atoms with Crippen LogP contribution < -0.4 is 10.5 Å². The van der Waals surface area contributed by atoms with E-state index in [1.165, 1.54) is 0 Å². The minimum absolute atomic E-state index is 0.541. The highest BCUT2D eigenvalue weighted by atomic mass is 79.9. The van der Waals surface area contributed by atoms with E-state index >= 15 is 0 Å². The molecule has 0 unspecified atom stereocenters. The molecule has 0 spiro atoms. The lowest BCUT2D eigenvalue weighted by Gasteiger charge is -2.00. The molecule has 0 aliphatic heterocycles. The molecule has 0 aliphatic rings. The molecule has 0 fully saturated rings. The number of pyridine rings is 1. The molecule has 3 aromatic rings. The third-order valence-electron chi connectivity index (χ3n) is 2.72. The topological polar surface area (TPSA) is 76.8 Å². The van der Waals surface area contributed by atoms with E-state index in [0.717, 1.165) is 21.4 Å². The van der Waals surface area contributed by atoms with Gasteiger partial charge >= 0.3 is 0 Å². The molecule has 0 atom stereocenters. The fraction of sp³-hybridized carbons (Fsp3) is 0.0769. The summed E-state index contributed by atoms with van der Waals surface area (Å²) >= 11 is 3.42. The van der Waals surface area contributed by atoms with E-state index in [9.17, 15) is 0 Å². The van der Waals surface area contributed by atoms with Crippen LogP contribution >= 0.6 is 15.9 Å². The number of nitrogens with two attached hydrogens (primary N) is 1. The molecule has 96 valence electrons. The highest BCUT2D eigenvalue weighted by molar-refractivity contribution is 9.10. The largest absolute Gasteiger partial charge is 0.481 e. The van der Waals surface area contributed by atoms with Crippen LogP contribution in [0.2, 0.25) is 0 Å². The number of halogens is 1. The van der Waals surface area contributed by atoms with Crippen LogP contribution in [-0.4, -0.2) is 22.1 Å². The number of hydrogen-bond donors (Lipinski definition) is 2. The Morgan fingerprint density at radius 3 is 2.79 bits per heavy atom. The number of fused-ring (bicyclic) bond motifs is 1. The van der Waals surface area contributed by atoms with Gasteiger partial charge in [0, 0.05) is 21.8 Å². The first-order valence-corrected chi connectivity index (χ1v) is 6.42. The molecule has 3 rings (SSSR count). The van der Waals surface area contributed by atoms with Crippen LogP contribution in [0.25, 0.3) is 22.6 Å². The van der Waals surface area contributed by atoms with E-state index in [-0.39, 0.29) is 0 Å². The number of ether oxygens (including phenoxy) is 1. The van der Waals surface area contributed by atoms with Crippen LogP contribution in [0.3, 0.4) is 0 Å². The second-order valence-electron chi connectivity index (χ2n) is 4.08. The maximum absolute atomic E-state index is 5.83. The van der Waals surface area contributed by atoms with Gasteiger partial charge in [-0.3, -0.25) is 0 Å². The molecule has 0 saturated carbocycles. The predicted molar refractivity (Wildman–Crippen MR) is 78.0 cm³/mol. The first kappa shape index (κ1) is 12.0. The second kappa shape index (κ2) is 4.55. The molecule has 19 heavy (non-hydrogen) atoms. The molecule has 2 heterocycles. The van der Waals surface area contributed by atoms with E-state index < -0.39 is 0 Å². The third-order valence-corrected chi connectivity index (χ3v) is 3.18. The van der Waals surface area contributed by atoms with Gasteiger partial charge in [-0.1, -0.05) is 15.9 Å². The van der Waals surface area contributed by atoms with Crippen LogP contribution in [0.4, 0.5) is 5.69 Å². The lowest BCUT2D eigenvalue weighted by molar-refractivity contribution is 0.399. The zero-order valence-corrected chi connectivity index (χ0v) is 11.7. The molecule has 0 amide bonds. The summed E-state index contributed by atoms with van der Waals surface area (Å²) in [6, 6.07) is 9.33. The number of aromatic amines is 1. The lowest BCUT2D eigenvalue weighted by atomic mass is 10.2. The molecule has 6 heteroatoms. The summed E-state index contributed by atoms with van der Waals surface area (Å²) in [4.78, 5) is 11.9. The number of anilines is 1. The van der Waals surface area contributed by atoms with Crippen molar-refractivity contribution in [2.75, 3.05) is 12.8 Å². The lowest BCUT2D eigenvalue weighted by Crippen LogP contribution is -1.88. The van der Waals surface area contributed by atoms with Crippen LogP contribution in [-0.2, 0) is 0 Å². The maximum atomic E-state index is 5.83. The summed E-state index contributed by atoms with van der Waals surface area (Å²) in [7, 11) is 1.58. The van der Waals surface area contributed by atoms with Crippen molar-refractivity contribution >= 4 is 32.8 Å².